The molecule has 1 aliphatic rings. The number of fused-ring (bicyclic) bond motifs is 1. The Labute approximate surface area is 230 Å². The number of nitrogens with zero attached hydrogens (tertiary/aromatic N) is 3. The van der Waals surface area contributed by atoms with Crippen LogP contribution >= 0.6 is 35.6 Å². The van der Waals surface area contributed by atoms with Crippen molar-refractivity contribution in [1.29, 1.82) is 0 Å². The summed E-state index contributed by atoms with van der Waals surface area (Å²) >= 11 is 12.2. The van der Waals surface area contributed by atoms with Crippen molar-refractivity contribution < 1.29 is 9.53 Å². The highest BCUT2D eigenvalue weighted by atomic mass is 35.5. The summed E-state index contributed by atoms with van der Waals surface area (Å²) in [6.07, 6.45) is 5.09. The van der Waals surface area contributed by atoms with Crippen molar-refractivity contribution in [1.82, 2.24) is 14.8 Å². The Morgan fingerprint density at radius 1 is 1.05 bits per heavy atom. The fourth-order valence-electron chi connectivity index (χ4n) is 3.81. The second kappa shape index (κ2) is 11.5. The zero-order valence-electron chi connectivity index (χ0n) is 19.6. The van der Waals surface area contributed by atoms with Crippen LogP contribution in [-0.4, -0.2) is 27.8 Å². The van der Waals surface area contributed by atoms with Crippen LogP contribution in [-0.2, 0) is 4.79 Å². The normalized spacial score (nSPS) is 14.2. The monoisotopic (exact) mass is 553 g/mol. The Balaban J connectivity index is 0.00000320. The first-order chi connectivity index (χ1) is 17.5. The van der Waals surface area contributed by atoms with Crippen LogP contribution in [0.2, 0.25) is 10.0 Å². The molecule has 2 heterocycles. The van der Waals surface area contributed by atoms with Gasteiger partial charge in [-0.15, -0.1) is 17.5 Å². The summed E-state index contributed by atoms with van der Waals surface area (Å²) in [4.78, 5) is 17.1. The number of carbonyl (C=O) groups excluding carboxylic acids is 1. The minimum Gasteiger partial charge on any atom is -0.497 e. The number of nitrogens with one attached hydrogen (secondary N) is 2. The number of methoxy groups -OCH3 is 1. The van der Waals surface area contributed by atoms with E-state index in [0.29, 0.717) is 16.0 Å². The second-order valence-electron chi connectivity index (χ2n) is 7.98. The molecule has 4 aromatic rings. The van der Waals surface area contributed by atoms with Crippen molar-refractivity contribution >= 4 is 65.2 Å². The summed E-state index contributed by atoms with van der Waals surface area (Å²) in [6.45, 7) is 0. The van der Waals surface area contributed by atoms with Gasteiger partial charge in [0.2, 0.25) is 5.95 Å². The van der Waals surface area contributed by atoms with Crippen LogP contribution in [0, 0.1) is 0 Å². The predicted molar refractivity (Wildman–Crippen MR) is 151 cm³/mol. The molecular weight excluding hydrogens is 533 g/mol. The Morgan fingerprint density at radius 3 is 2.49 bits per heavy atom. The molecule has 0 bridgehead atoms. The number of carbonyl (C=O) groups is 1. The van der Waals surface area contributed by atoms with Gasteiger partial charge in [0.15, 0.2) is 0 Å². The Kier molecular flexibility index (Phi) is 8.18. The van der Waals surface area contributed by atoms with Gasteiger partial charge in [-0.2, -0.15) is 4.98 Å². The molecule has 0 fully saturated rings. The fraction of sp³-hybridized carbons (Fsp3) is 0.0741. The topological polar surface area (TPSA) is 81.1 Å². The Morgan fingerprint density at radius 2 is 1.78 bits per heavy atom. The van der Waals surface area contributed by atoms with Crippen molar-refractivity contribution in [2.75, 3.05) is 17.7 Å². The smallest absolute Gasteiger partial charge is 0.250 e. The van der Waals surface area contributed by atoms with Gasteiger partial charge in [0.05, 0.1) is 7.11 Å². The van der Waals surface area contributed by atoms with Gasteiger partial charge in [-0.3, -0.25) is 10.1 Å². The number of anilines is 2. The number of rotatable bonds is 6. The minimum absolute atomic E-state index is 0. The average Bonchev–Trinajstić information content (AvgIpc) is 3.30. The lowest BCUT2D eigenvalue weighted by molar-refractivity contribution is -0.111. The van der Waals surface area contributed by atoms with E-state index < -0.39 is 0 Å². The van der Waals surface area contributed by atoms with Crippen molar-refractivity contribution in [2.45, 2.75) is 6.04 Å². The minimum atomic E-state index is -0.371. The maximum absolute atomic E-state index is 12.6. The van der Waals surface area contributed by atoms with Crippen LogP contribution in [0.4, 0.5) is 11.9 Å². The third-order valence-corrected chi connectivity index (χ3v) is 6.23. The van der Waals surface area contributed by atoms with Crippen molar-refractivity contribution in [3.8, 4) is 5.75 Å². The van der Waals surface area contributed by atoms with Crippen LogP contribution in [0.1, 0.15) is 22.7 Å². The van der Waals surface area contributed by atoms with E-state index in [-0.39, 0.29) is 30.3 Å². The zero-order valence-corrected chi connectivity index (χ0v) is 21.9. The Hall–Kier alpha value is -3.78. The molecule has 1 atom stereocenters. The SMILES string of the molecule is COc1ccc(C2C=C(c3ccc(Cl)cc3)Nc3nc(NC(=O)/C=C/c4ccccc4Cl)nn32)cc1.Cl. The van der Waals surface area contributed by atoms with Gasteiger partial charge >= 0.3 is 0 Å². The number of ether oxygens (including phenoxy) is 1. The molecule has 1 aliphatic heterocycles. The average molecular weight is 555 g/mol. The van der Waals surface area contributed by atoms with E-state index in [1.54, 1.807) is 23.9 Å². The van der Waals surface area contributed by atoms with Crippen molar-refractivity contribution in [3.63, 3.8) is 0 Å². The number of amides is 1. The van der Waals surface area contributed by atoms with Gasteiger partial charge in [0, 0.05) is 21.8 Å². The first kappa shape index (κ1) is 26.3. The van der Waals surface area contributed by atoms with Gasteiger partial charge in [-0.25, -0.2) is 4.68 Å². The van der Waals surface area contributed by atoms with Crippen molar-refractivity contribution in [3.05, 3.63) is 112 Å². The van der Waals surface area contributed by atoms with Gasteiger partial charge in [0.1, 0.15) is 11.8 Å². The molecule has 7 nitrogen and oxygen atoms in total. The molecule has 37 heavy (non-hydrogen) atoms. The third kappa shape index (κ3) is 5.97. The number of aromatic nitrogens is 3. The highest BCUT2D eigenvalue weighted by Crippen LogP contribution is 2.34. The molecule has 10 heteroatoms. The second-order valence-corrected chi connectivity index (χ2v) is 8.82. The van der Waals surface area contributed by atoms with E-state index in [9.17, 15) is 4.79 Å². The first-order valence-corrected chi connectivity index (χ1v) is 11.8. The highest BCUT2D eigenvalue weighted by molar-refractivity contribution is 6.32. The van der Waals surface area contributed by atoms with Crippen LogP contribution in [0.3, 0.4) is 0 Å². The predicted octanol–water partition coefficient (Wildman–Crippen LogP) is 6.72. The molecular formula is C27H22Cl3N5O2. The maximum Gasteiger partial charge on any atom is 0.250 e. The van der Waals surface area contributed by atoms with E-state index in [0.717, 1.165) is 28.1 Å². The molecule has 0 spiro atoms. The zero-order chi connectivity index (χ0) is 25.1. The lowest BCUT2D eigenvalue weighted by atomic mass is 10.0. The summed E-state index contributed by atoms with van der Waals surface area (Å²) in [5.74, 6) is 1.06. The van der Waals surface area contributed by atoms with E-state index in [4.69, 9.17) is 27.9 Å². The first-order valence-electron chi connectivity index (χ1n) is 11.1. The van der Waals surface area contributed by atoms with E-state index >= 15 is 0 Å². The van der Waals surface area contributed by atoms with Crippen LogP contribution in [0.25, 0.3) is 11.8 Å². The van der Waals surface area contributed by atoms with Gasteiger partial charge < -0.3 is 10.1 Å². The standard InChI is InChI=1S/C27H21Cl2N5O2.ClH/c1-36-21-13-8-19(9-14-21)24-16-23(18-6-11-20(28)12-7-18)30-27-32-26(33-34(24)27)31-25(35)15-10-17-4-2-3-5-22(17)29;/h2-16,24H,1H3,(H2,30,31,32,33,35);1H/b15-10+;. The van der Waals surface area contributed by atoms with Gasteiger partial charge in [0.25, 0.3) is 11.9 Å². The van der Waals surface area contributed by atoms with Gasteiger partial charge in [-0.1, -0.05) is 65.7 Å². The number of hydrogen-bond donors (Lipinski definition) is 2. The molecule has 3 aromatic carbocycles. The Bertz CT molecular complexity index is 1460. The van der Waals surface area contributed by atoms with Gasteiger partial charge in [-0.05, 0) is 59.2 Å². The molecule has 0 aliphatic carbocycles. The summed E-state index contributed by atoms with van der Waals surface area (Å²) in [7, 11) is 1.63. The number of allylic oxidation sites excluding steroid dienone is 1. The van der Waals surface area contributed by atoms with Crippen molar-refractivity contribution in [2.24, 2.45) is 0 Å². The molecule has 2 N–H and O–H groups in total. The van der Waals surface area contributed by atoms with Crippen LogP contribution in [0.15, 0.2) is 84.9 Å². The fourth-order valence-corrected chi connectivity index (χ4v) is 4.13. The lowest BCUT2D eigenvalue weighted by Crippen LogP contribution is -2.20. The maximum atomic E-state index is 12.6. The molecule has 0 saturated carbocycles. The molecule has 1 unspecified atom stereocenters. The molecule has 0 radical (unpaired) electrons. The molecule has 1 aromatic heterocycles. The quantitative estimate of drug-likeness (QED) is 0.259. The summed E-state index contributed by atoms with van der Waals surface area (Å²) in [5.41, 5.74) is 3.51. The largest absolute Gasteiger partial charge is 0.497 e. The lowest BCUT2D eigenvalue weighted by Gasteiger charge is -2.24. The van der Waals surface area contributed by atoms with E-state index in [1.165, 1.54) is 6.08 Å². The molecule has 5 rings (SSSR count). The molecule has 0 saturated heterocycles. The molecule has 188 valence electrons. The number of hydrogen-bond acceptors (Lipinski definition) is 5. The summed E-state index contributed by atoms with van der Waals surface area (Å²) < 4.78 is 7.03. The van der Waals surface area contributed by atoms with Crippen LogP contribution in [0.5, 0.6) is 5.75 Å². The van der Waals surface area contributed by atoms with E-state index in [1.807, 2.05) is 66.7 Å². The molecule has 1 amide bonds. The third-order valence-electron chi connectivity index (χ3n) is 5.63. The number of benzene rings is 3. The van der Waals surface area contributed by atoms with Crippen LogP contribution < -0.4 is 15.4 Å². The van der Waals surface area contributed by atoms with E-state index in [2.05, 4.69) is 26.8 Å². The summed E-state index contributed by atoms with van der Waals surface area (Å²) in [5, 5.41) is 11.8. The number of halogens is 3. The highest BCUT2D eigenvalue weighted by Gasteiger charge is 2.25. The summed E-state index contributed by atoms with van der Waals surface area (Å²) in [6, 6.07) is 22.3.